The van der Waals surface area contributed by atoms with Gasteiger partial charge in [0.2, 0.25) is 5.91 Å². The highest BCUT2D eigenvalue weighted by Crippen LogP contribution is 2.30. The van der Waals surface area contributed by atoms with Crippen molar-refractivity contribution in [2.75, 3.05) is 19.6 Å². The summed E-state index contributed by atoms with van der Waals surface area (Å²) < 4.78 is 0. The first-order valence-corrected chi connectivity index (χ1v) is 8.15. The number of piperidine rings is 1. The predicted molar refractivity (Wildman–Crippen MR) is 89.2 cm³/mol. The fourth-order valence-electron chi connectivity index (χ4n) is 3.34. The van der Waals surface area contributed by atoms with E-state index in [4.69, 9.17) is 0 Å². The molecule has 1 aliphatic heterocycles. The van der Waals surface area contributed by atoms with Crippen LogP contribution in [0.25, 0.3) is 0 Å². The number of amides is 3. The van der Waals surface area contributed by atoms with Gasteiger partial charge in [0.15, 0.2) is 0 Å². The molecule has 7 heteroatoms. The smallest absolute Gasteiger partial charge is 0.315 e. The highest BCUT2D eigenvalue weighted by atomic mass is 35.5. The van der Waals surface area contributed by atoms with Crippen molar-refractivity contribution in [3.63, 3.8) is 0 Å². The third-order valence-corrected chi connectivity index (χ3v) is 4.68. The Hall–Kier alpha value is -1.01. The largest absolute Gasteiger partial charge is 0.351 e. The second-order valence-electron chi connectivity index (χ2n) is 6.32. The molecule has 1 saturated carbocycles. The molecule has 128 valence electrons. The molecule has 0 radical (unpaired) electrons. The third kappa shape index (κ3) is 4.49. The molecule has 4 N–H and O–H groups in total. The average Bonchev–Trinajstić information content (AvgIpc) is 2.91. The molecule has 0 bridgehead atoms. The number of rotatable bonds is 4. The molecular weight excluding hydrogens is 304 g/mol. The molecule has 2 rings (SSSR count). The molecule has 0 aromatic carbocycles. The van der Waals surface area contributed by atoms with Crippen LogP contribution in [-0.2, 0) is 4.79 Å². The molecule has 0 aromatic rings. The van der Waals surface area contributed by atoms with E-state index in [0.29, 0.717) is 12.5 Å². The maximum Gasteiger partial charge on any atom is 0.315 e. The van der Waals surface area contributed by atoms with Crippen molar-refractivity contribution in [2.45, 2.75) is 57.5 Å². The Morgan fingerprint density at radius 1 is 1.27 bits per heavy atom. The van der Waals surface area contributed by atoms with Crippen LogP contribution in [-0.4, -0.2) is 43.2 Å². The van der Waals surface area contributed by atoms with Gasteiger partial charge in [0.1, 0.15) is 5.54 Å². The number of nitrogens with one attached hydrogen (secondary N) is 4. The Balaban J connectivity index is 0.00000242. The van der Waals surface area contributed by atoms with E-state index in [1.807, 2.05) is 6.92 Å². The third-order valence-electron chi connectivity index (χ3n) is 4.68. The molecule has 1 heterocycles. The van der Waals surface area contributed by atoms with Crippen molar-refractivity contribution < 1.29 is 9.59 Å². The summed E-state index contributed by atoms with van der Waals surface area (Å²) in [5.74, 6) is 0.413. The standard InChI is InChI=1S/C15H28N4O2.ClH/c1-3-17-14(21)19-15(7-4-5-8-15)13(20)18-12-6-9-16-10-11(12)2;/h11-12,16H,3-10H2,1-2H3,(H,18,20)(H2,17,19,21);1H. The summed E-state index contributed by atoms with van der Waals surface area (Å²) in [6.45, 7) is 6.45. The monoisotopic (exact) mass is 332 g/mol. The van der Waals surface area contributed by atoms with E-state index in [-0.39, 0.29) is 30.4 Å². The predicted octanol–water partition coefficient (Wildman–Crippen LogP) is 1.15. The van der Waals surface area contributed by atoms with Crippen molar-refractivity contribution in [1.29, 1.82) is 0 Å². The van der Waals surface area contributed by atoms with Crippen LogP contribution in [0.2, 0.25) is 0 Å². The number of carbonyl (C=O) groups is 2. The van der Waals surface area contributed by atoms with Crippen molar-refractivity contribution in [2.24, 2.45) is 5.92 Å². The van der Waals surface area contributed by atoms with Gasteiger partial charge >= 0.3 is 6.03 Å². The molecule has 0 aromatic heterocycles. The molecule has 1 saturated heterocycles. The first kappa shape index (κ1) is 19.0. The molecule has 2 aliphatic rings. The molecule has 0 spiro atoms. The lowest BCUT2D eigenvalue weighted by molar-refractivity contribution is -0.128. The van der Waals surface area contributed by atoms with E-state index in [0.717, 1.165) is 45.2 Å². The first-order chi connectivity index (χ1) is 10.1. The maximum atomic E-state index is 12.7. The van der Waals surface area contributed by atoms with Crippen LogP contribution in [0.3, 0.4) is 0 Å². The van der Waals surface area contributed by atoms with Gasteiger partial charge in [-0.3, -0.25) is 4.79 Å². The quantitative estimate of drug-likeness (QED) is 0.623. The van der Waals surface area contributed by atoms with Gasteiger partial charge in [0.25, 0.3) is 0 Å². The Kier molecular flexibility index (Phi) is 7.42. The SMILES string of the molecule is CCNC(=O)NC1(C(=O)NC2CCNCC2C)CCCC1.Cl. The lowest BCUT2D eigenvalue weighted by atomic mass is 9.91. The number of halogens is 1. The molecule has 1 aliphatic carbocycles. The van der Waals surface area contributed by atoms with E-state index >= 15 is 0 Å². The number of carbonyl (C=O) groups excluding carboxylic acids is 2. The summed E-state index contributed by atoms with van der Waals surface area (Å²) in [5.41, 5.74) is -0.718. The van der Waals surface area contributed by atoms with Gasteiger partial charge in [-0.25, -0.2) is 4.79 Å². The van der Waals surface area contributed by atoms with Gasteiger partial charge in [0.05, 0.1) is 0 Å². The summed E-state index contributed by atoms with van der Waals surface area (Å²) >= 11 is 0. The fourth-order valence-corrected chi connectivity index (χ4v) is 3.34. The van der Waals surface area contributed by atoms with Crippen LogP contribution in [0.15, 0.2) is 0 Å². The Bertz CT molecular complexity index is 386. The summed E-state index contributed by atoms with van der Waals surface area (Å²) in [5, 5.41) is 12.2. The average molecular weight is 333 g/mol. The van der Waals surface area contributed by atoms with Crippen molar-refractivity contribution in [3.05, 3.63) is 0 Å². The van der Waals surface area contributed by atoms with Gasteiger partial charge in [-0.05, 0) is 45.2 Å². The summed E-state index contributed by atoms with van der Waals surface area (Å²) in [7, 11) is 0. The van der Waals surface area contributed by atoms with Crippen LogP contribution in [0.1, 0.15) is 46.0 Å². The van der Waals surface area contributed by atoms with Crippen molar-refractivity contribution in [3.8, 4) is 0 Å². The molecule has 2 unspecified atom stereocenters. The van der Waals surface area contributed by atoms with E-state index in [1.54, 1.807) is 0 Å². The number of hydrogen-bond donors (Lipinski definition) is 4. The van der Waals surface area contributed by atoms with Crippen molar-refractivity contribution >= 4 is 24.3 Å². The summed E-state index contributed by atoms with van der Waals surface area (Å²) in [6, 6.07) is -0.0415. The van der Waals surface area contributed by atoms with Crippen LogP contribution in [0.4, 0.5) is 4.79 Å². The van der Waals surface area contributed by atoms with Crippen LogP contribution in [0, 0.1) is 5.92 Å². The molecule has 22 heavy (non-hydrogen) atoms. The Morgan fingerprint density at radius 3 is 2.55 bits per heavy atom. The minimum absolute atomic E-state index is 0. The summed E-state index contributed by atoms with van der Waals surface area (Å²) in [6.07, 6.45) is 4.39. The minimum Gasteiger partial charge on any atom is -0.351 e. The molecular formula is C15H29ClN4O2. The molecule has 2 atom stereocenters. The van der Waals surface area contributed by atoms with E-state index < -0.39 is 5.54 Å². The maximum absolute atomic E-state index is 12.7. The number of urea groups is 1. The van der Waals surface area contributed by atoms with E-state index in [9.17, 15) is 9.59 Å². The normalized spacial score (nSPS) is 26.6. The van der Waals surface area contributed by atoms with Gasteiger partial charge < -0.3 is 21.3 Å². The van der Waals surface area contributed by atoms with Gasteiger partial charge in [-0.15, -0.1) is 12.4 Å². The highest BCUT2D eigenvalue weighted by Gasteiger charge is 2.43. The molecule has 6 nitrogen and oxygen atoms in total. The topological polar surface area (TPSA) is 82.3 Å². The van der Waals surface area contributed by atoms with Gasteiger partial charge in [-0.2, -0.15) is 0 Å². The lowest BCUT2D eigenvalue weighted by Gasteiger charge is -2.35. The van der Waals surface area contributed by atoms with E-state index in [2.05, 4.69) is 28.2 Å². The zero-order valence-corrected chi connectivity index (χ0v) is 14.4. The second-order valence-corrected chi connectivity index (χ2v) is 6.32. The van der Waals surface area contributed by atoms with Crippen LogP contribution < -0.4 is 21.3 Å². The lowest BCUT2D eigenvalue weighted by Crippen LogP contribution is -2.62. The molecule has 3 amide bonds. The summed E-state index contributed by atoms with van der Waals surface area (Å²) in [4.78, 5) is 24.6. The number of hydrogen-bond acceptors (Lipinski definition) is 3. The second kappa shape index (κ2) is 8.58. The van der Waals surface area contributed by atoms with E-state index in [1.165, 1.54) is 0 Å². The van der Waals surface area contributed by atoms with Gasteiger partial charge in [-0.1, -0.05) is 19.8 Å². The first-order valence-electron chi connectivity index (χ1n) is 8.15. The Labute approximate surface area is 139 Å². The minimum atomic E-state index is -0.718. The Morgan fingerprint density at radius 2 is 1.95 bits per heavy atom. The van der Waals surface area contributed by atoms with Gasteiger partial charge in [0, 0.05) is 12.6 Å². The zero-order chi connectivity index (χ0) is 15.3. The van der Waals surface area contributed by atoms with Crippen LogP contribution >= 0.6 is 12.4 Å². The molecule has 2 fully saturated rings. The van der Waals surface area contributed by atoms with Crippen LogP contribution in [0.5, 0.6) is 0 Å². The fraction of sp³-hybridized carbons (Fsp3) is 0.867. The highest BCUT2D eigenvalue weighted by molar-refractivity contribution is 5.91. The zero-order valence-electron chi connectivity index (χ0n) is 13.5. The van der Waals surface area contributed by atoms with Crippen molar-refractivity contribution in [1.82, 2.24) is 21.3 Å².